The number of nitrogens with zero attached hydrogens (tertiary/aromatic N) is 4. The Morgan fingerprint density at radius 1 is 0.917 bits per heavy atom. The fourth-order valence-corrected chi connectivity index (χ4v) is 2.18. The second-order valence-electron chi connectivity index (χ2n) is 4.45. The van der Waals surface area contributed by atoms with E-state index in [1.54, 1.807) is 6.07 Å². The lowest BCUT2D eigenvalue weighted by molar-refractivity contribution is 0.518. The molecule has 0 bridgehead atoms. The van der Waals surface area contributed by atoms with Gasteiger partial charge in [0.2, 0.25) is 5.42 Å². The number of nitriles is 1. The Bertz CT molecular complexity index is 1180. The topological polar surface area (TPSA) is 63.1 Å². The SMILES string of the molecule is [C-]#[N+]C([N+]#[C-])=c1cc2c(F)c(F)c3c/c(=C(\C#N)[N+]#[C-])oc3c2o1. The molecule has 1 aromatic carbocycles. The Morgan fingerprint density at radius 3 is 1.88 bits per heavy atom. The van der Waals surface area contributed by atoms with Gasteiger partial charge in [-0.05, 0) is 12.1 Å². The lowest BCUT2D eigenvalue weighted by Gasteiger charge is -1.95. The Kier molecular flexibility index (Phi) is 3.23. The van der Waals surface area contributed by atoms with E-state index in [9.17, 15) is 8.78 Å². The summed E-state index contributed by atoms with van der Waals surface area (Å²) in [6, 6.07) is 3.65. The van der Waals surface area contributed by atoms with Gasteiger partial charge in [-0.2, -0.15) is 9.69 Å². The van der Waals surface area contributed by atoms with Gasteiger partial charge in [-0.3, -0.25) is 0 Å². The Morgan fingerprint density at radius 2 is 1.42 bits per heavy atom. The molecule has 3 aromatic rings. The van der Waals surface area contributed by atoms with Gasteiger partial charge in [0.1, 0.15) is 18.6 Å². The van der Waals surface area contributed by atoms with Crippen LogP contribution in [0.4, 0.5) is 8.78 Å². The molecule has 112 valence electrons. The molecule has 3 rings (SSSR count). The predicted octanol–water partition coefficient (Wildman–Crippen LogP) is 2.91. The number of furan rings is 2. The van der Waals surface area contributed by atoms with Gasteiger partial charge in [0.25, 0.3) is 0 Å². The van der Waals surface area contributed by atoms with Gasteiger partial charge in [0, 0.05) is 0 Å². The minimum atomic E-state index is -1.24. The van der Waals surface area contributed by atoms with Crippen molar-refractivity contribution < 1.29 is 17.6 Å². The van der Waals surface area contributed by atoms with Gasteiger partial charge in [-0.15, -0.1) is 0 Å². The molecule has 0 N–H and O–H groups in total. The van der Waals surface area contributed by atoms with E-state index in [-0.39, 0.29) is 32.8 Å². The van der Waals surface area contributed by atoms with Gasteiger partial charge < -0.3 is 8.83 Å². The third-order valence-electron chi connectivity index (χ3n) is 3.22. The molecular formula is C16H2F2N4O2. The molecule has 2 aromatic heterocycles. The number of fused-ring (bicyclic) bond motifs is 3. The standard InChI is InChI=1S/C16H2F2N4O2/c1-20-9(6-19)10-4-7-12(17)13(18)8-5-11(16(21-2)22-3)24-15(8)14(7)23-10/h4-5H/b10-9-. The fraction of sp³-hybridized carbons (Fsp3) is 0. The first-order valence-corrected chi connectivity index (χ1v) is 6.16. The van der Waals surface area contributed by atoms with E-state index in [1.165, 1.54) is 0 Å². The lowest BCUT2D eigenvalue weighted by Crippen LogP contribution is -1.96. The Balaban J connectivity index is 2.63. The van der Waals surface area contributed by atoms with Crippen LogP contribution in [-0.4, -0.2) is 0 Å². The fourth-order valence-electron chi connectivity index (χ4n) is 2.18. The minimum absolute atomic E-state index is 0.211. The van der Waals surface area contributed by atoms with Crippen LogP contribution in [0.1, 0.15) is 0 Å². The molecule has 24 heavy (non-hydrogen) atoms. The molecule has 0 aliphatic rings. The van der Waals surface area contributed by atoms with Crippen LogP contribution >= 0.6 is 0 Å². The van der Waals surface area contributed by atoms with E-state index in [4.69, 9.17) is 33.8 Å². The maximum Gasteiger partial charge on any atom is 0.562 e. The summed E-state index contributed by atoms with van der Waals surface area (Å²) in [5, 5.41) is 8.25. The summed E-state index contributed by atoms with van der Waals surface area (Å²) < 4.78 is 39.0. The molecule has 8 heteroatoms. The zero-order valence-corrected chi connectivity index (χ0v) is 11.5. The van der Waals surface area contributed by atoms with Crippen molar-refractivity contribution in [2.75, 3.05) is 0 Å². The molecule has 0 aliphatic heterocycles. The second-order valence-corrected chi connectivity index (χ2v) is 4.45. The predicted molar refractivity (Wildman–Crippen MR) is 77.4 cm³/mol. The molecular weight excluding hydrogens is 318 g/mol. The summed E-state index contributed by atoms with van der Waals surface area (Å²) in [4.78, 5) is 8.84. The van der Waals surface area contributed by atoms with E-state index in [0.717, 1.165) is 12.1 Å². The molecule has 0 amide bonds. The first kappa shape index (κ1) is 14.8. The van der Waals surface area contributed by atoms with E-state index in [2.05, 4.69) is 14.5 Å². The van der Waals surface area contributed by atoms with Crippen LogP contribution in [-0.2, 0) is 0 Å². The number of benzene rings is 1. The summed E-state index contributed by atoms with van der Waals surface area (Å²) in [5.41, 5.74) is -1.31. The molecule has 0 saturated carbocycles. The van der Waals surface area contributed by atoms with E-state index >= 15 is 0 Å². The number of rotatable bonds is 0. The van der Waals surface area contributed by atoms with Crippen LogP contribution in [0.25, 0.3) is 48.0 Å². The lowest BCUT2D eigenvalue weighted by atomic mass is 10.2. The summed E-state index contributed by atoms with van der Waals surface area (Å²) in [6.45, 7) is 20.7. The van der Waals surface area contributed by atoms with E-state index < -0.39 is 23.2 Å². The molecule has 0 atom stereocenters. The first-order valence-electron chi connectivity index (χ1n) is 6.16. The zero-order chi connectivity index (χ0) is 17.4. The molecule has 2 heterocycles. The van der Waals surface area contributed by atoms with Gasteiger partial charge in [0.05, 0.1) is 23.4 Å². The largest absolute Gasteiger partial charge is 0.562 e. The highest BCUT2D eigenvalue weighted by atomic mass is 19.2. The first-order chi connectivity index (χ1) is 11.5. The molecule has 0 fully saturated rings. The average Bonchev–Trinajstić information content (AvgIpc) is 3.20. The van der Waals surface area contributed by atoms with Crippen LogP contribution in [0, 0.1) is 42.7 Å². The van der Waals surface area contributed by atoms with Crippen molar-refractivity contribution in [1.29, 1.82) is 5.26 Å². The van der Waals surface area contributed by atoms with Crippen molar-refractivity contribution in [2.45, 2.75) is 0 Å². The normalized spacial score (nSPS) is 11.4. The van der Waals surface area contributed by atoms with Crippen LogP contribution in [0.3, 0.4) is 0 Å². The number of halogens is 2. The van der Waals surface area contributed by atoms with E-state index in [1.807, 2.05) is 0 Å². The smallest absolute Gasteiger partial charge is 0.463 e. The van der Waals surface area contributed by atoms with Crippen molar-refractivity contribution in [3.63, 3.8) is 0 Å². The number of hydrogen-bond acceptors (Lipinski definition) is 3. The molecule has 0 radical (unpaired) electrons. The molecule has 0 unspecified atom stereocenters. The summed E-state index contributed by atoms with van der Waals surface area (Å²) in [5.74, 6) is -2.93. The molecule has 0 aliphatic carbocycles. The Hall–Kier alpha value is -4.14. The van der Waals surface area contributed by atoms with Gasteiger partial charge in [-0.25, -0.2) is 18.9 Å². The van der Waals surface area contributed by atoms with Crippen molar-refractivity contribution in [3.05, 3.63) is 68.8 Å². The van der Waals surface area contributed by atoms with Crippen molar-refractivity contribution in [1.82, 2.24) is 0 Å². The van der Waals surface area contributed by atoms with Crippen LogP contribution in [0.15, 0.2) is 21.0 Å². The van der Waals surface area contributed by atoms with Gasteiger partial charge in [-0.1, -0.05) is 0 Å². The summed E-state index contributed by atoms with van der Waals surface area (Å²) in [7, 11) is 0. The maximum absolute atomic E-state index is 14.2. The van der Waals surface area contributed by atoms with Crippen molar-refractivity contribution in [3.8, 4) is 6.07 Å². The maximum atomic E-state index is 14.2. The molecule has 0 saturated heterocycles. The van der Waals surface area contributed by atoms with Crippen LogP contribution in [0.5, 0.6) is 0 Å². The number of hydrogen-bond donors (Lipinski definition) is 0. The highest BCUT2D eigenvalue weighted by Gasteiger charge is 2.22. The van der Waals surface area contributed by atoms with Crippen LogP contribution in [0.2, 0.25) is 0 Å². The van der Waals surface area contributed by atoms with E-state index in [0.29, 0.717) is 0 Å². The average molecular weight is 320 g/mol. The van der Waals surface area contributed by atoms with Crippen molar-refractivity contribution in [2.24, 2.45) is 0 Å². The Labute approximate surface area is 132 Å². The summed E-state index contributed by atoms with van der Waals surface area (Å²) >= 11 is 0. The van der Waals surface area contributed by atoms with Crippen molar-refractivity contribution >= 4 is 33.5 Å². The molecule has 6 nitrogen and oxygen atoms in total. The van der Waals surface area contributed by atoms with Gasteiger partial charge >= 0.3 is 11.5 Å². The highest BCUT2D eigenvalue weighted by Crippen LogP contribution is 2.30. The third-order valence-corrected chi connectivity index (χ3v) is 3.22. The third kappa shape index (κ3) is 1.89. The zero-order valence-electron chi connectivity index (χ0n) is 11.5. The summed E-state index contributed by atoms with van der Waals surface area (Å²) in [6.07, 6.45) is 0. The highest BCUT2D eigenvalue weighted by molar-refractivity contribution is 6.02. The van der Waals surface area contributed by atoms with Gasteiger partial charge in [0.15, 0.2) is 22.8 Å². The molecule has 0 spiro atoms. The quantitative estimate of drug-likeness (QED) is 0.598. The second kappa shape index (κ2) is 5.25. The monoisotopic (exact) mass is 320 g/mol. The minimum Gasteiger partial charge on any atom is -0.463 e. The van der Waals surface area contributed by atoms with Crippen LogP contribution < -0.4 is 10.8 Å².